The van der Waals surface area contributed by atoms with Crippen molar-refractivity contribution in [2.24, 2.45) is 0 Å². The number of alkyl carbamates (subject to hydrolysis) is 1. The summed E-state index contributed by atoms with van der Waals surface area (Å²) in [4.78, 5) is 40.6. The first kappa shape index (κ1) is 38.4. The summed E-state index contributed by atoms with van der Waals surface area (Å²) in [5.41, 5.74) is -1.12. The van der Waals surface area contributed by atoms with Crippen LogP contribution in [-0.4, -0.2) is 62.2 Å². The number of halogens is 3. The minimum absolute atomic E-state index is 0.00362. The SMILES string of the molecule is CC(C)(C)OC(=O)NCc1cccc(-n2nc(C(F)(F)F)cc2C(=O)Nc2cccc(C(c3ccccc3)N(CCO)C(=O)OC(C)(C)C)c2)c1. The van der Waals surface area contributed by atoms with Gasteiger partial charge in [0, 0.05) is 24.8 Å². The van der Waals surface area contributed by atoms with Gasteiger partial charge in [-0.25, -0.2) is 14.3 Å². The third kappa shape index (κ3) is 10.8. The van der Waals surface area contributed by atoms with Crippen LogP contribution in [0, 0.1) is 0 Å². The highest BCUT2D eigenvalue weighted by Crippen LogP contribution is 2.33. The number of ether oxygens (including phenoxy) is 2. The number of hydrogen-bond donors (Lipinski definition) is 3. The molecule has 0 aliphatic carbocycles. The molecule has 1 unspecified atom stereocenters. The molecule has 1 heterocycles. The van der Waals surface area contributed by atoms with E-state index < -0.39 is 52.9 Å². The Morgan fingerprint density at radius 2 is 1.49 bits per heavy atom. The minimum atomic E-state index is -4.85. The summed E-state index contributed by atoms with van der Waals surface area (Å²) in [6, 6.07) is 21.6. The van der Waals surface area contributed by atoms with Gasteiger partial charge in [0.1, 0.15) is 16.9 Å². The molecule has 0 spiro atoms. The van der Waals surface area contributed by atoms with Crippen molar-refractivity contribution in [2.45, 2.75) is 71.5 Å². The summed E-state index contributed by atoms with van der Waals surface area (Å²) in [7, 11) is 0. The normalized spacial score (nSPS) is 12.5. The fourth-order valence-electron chi connectivity index (χ4n) is 5.09. The maximum Gasteiger partial charge on any atom is 0.435 e. The molecule has 0 saturated heterocycles. The summed E-state index contributed by atoms with van der Waals surface area (Å²) in [5.74, 6) is -0.886. The number of aromatic nitrogens is 2. The quantitative estimate of drug-likeness (QED) is 0.155. The Hall–Kier alpha value is -5.37. The Labute approximate surface area is 294 Å². The average Bonchev–Trinajstić information content (AvgIpc) is 3.50. The van der Waals surface area contributed by atoms with Gasteiger partial charge in [-0.3, -0.25) is 9.69 Å². The number of carbonyl (C=O) groups excluding carboxylic acids is 3. The van der Waals surface area contributed by atoms with E-state index in [1.165, 1.54) is 17.0 Å². The van der Waals surface area contributed by atoms with E-state index in [2.05, 4.69) is 15.7 Å². The molecule has 1 atom stereocenters. The van der Waals surface area contributed by atoms with Gasteiger partial charge < -0.3 is 25.2 Å². The topological polar surface area (TPSA) is 135 Å². The highest BCUT2D eigenvalue weighted by molar-refractivity contribution is 6.03. The first-order valence-corrected chi connectivity index (χ1v) is 16.1. The minimum Gasteiger partial charge on any atom is -0.444 e. The number of nitrogens with one attached hydrogen (secondary N) is 2. The van der Waals surface area contributed by atoms with E-state index in [0.29, 0.717) is 22.8 Å². The van der Waals surface area contributed by atoms with E-state index in [-0.39, 0.29) is 31.1 Å². The molecule has 14 heteroatoms. The van der Waals surface area contributed by atoms with Gasteiger partial charge in [-0.2, -0.15) is 18.3 Å². The van der Waals surface area contributed by atoms with Crippen LogP contribution in [-0.2, 0) is 22.2 Å². The van der Waals surface area contributed by atoms with Gasteiger partial charge in [-0.05, 0) is 82.5 Å². The number of carbonyl (C=O) groups is 3. The maximum absolute atomic E-state index is 13.9. The van der Waals surface area contributed by atoms with Crippen LogP contribution in [0.1, 0.15) is 80.5 Å². The summed E-state index contributed by atoms with van der Waals surface area (Å²) in [6.07, 6.45) is -6.20. The lowest BCUT2D eigenvalue weighted by Crippen LogP contribution is -2.41. The van der Waals surface area contributed by atoms with Crippen LogP contribution in [0.25, 0.3) is 5.69 Å². The van der Waals surface area contributed by atoms with Crippen LogP contribution in [0.3, 0.4) is 0 Å². The molecule has 0 aliphatic rings. The van der Waals surface area contributed by atoms with Gasteiger partial charge in [0.2, 0.25) is 0 Å². The molecule has 51 heavy (non-hydrogen) atoms. The lowest BCUT2D eigenvalue weighted by molar-refractivity contribution is -0.141. The smallest absolute Gasteiger partial charge is 0.435 e. The van der Waals surface area contributed by atoms with E-state index in [9.17, 15) is 32.7 Å². The third-order valence-electron chi connectivity index (χ3n) is 7.08. The number of amides is 3. The number of rotatable bonds is 10. The zero-order valence-corrected chi connectivity index (χ0v) is 29.2. The molecule has 0 radical (unpaired) electrons. The molecule has 4 aromatic rings. The lowest BCUT2D eigenvalue weighted by Gasteiger charge is -2.34. The van der Waals surface area contributed by atoms with Gasteiger partial charge in [-0.1, -0.05) is 54.6 Å². The highest BCUT2D eigenvalue weighted by Gasteiger charge is 2.36. The Morgan fingerprint density at radius 3 is 2.12 bits per heavy atom. The van der Waals surface area contributed by atoms with E-state index in [4.69, 9.17) is 9.47 Å². The standard InChI is InChI=1S/C37H42F3N5O6/c1-35(2,3)50-33(48)41-23-24-12-10-17-28(20-24)45-29(22-30(43-45)37(38,39)40)32(47)42-27-16-11-15-26(21-27)31(25-13-8-7-9-14-25)44(18-19-46)34(49)51-36(4,5)6/h7-17,20-22,31,46H,18-19,23H2,1-6H3,(H,41,48)(H,42,47). The van der Waals surface area contributed by atoms with Crippen molar-refractivity contribution in [1.82, 2.24) is 20.0 Å². The number of alkyl halides is 3. The van der Waals surface area contributed by atoms with Crippen LogP contribution in [0.4, 0.5) is 28.4 Å². The van der Waals surface area contributed by atoms with E-state index >= 15 is 0 Å². The number of anilines is 1. The molecule has 1 aromatic heterocycles. The Kier molecular flexibility index (Phi) is 11.8. The van der Waals surface area contributed by atoms with Gasteiger partial charge >= 0.3 is 18.4 Å². The predicted octanol–water partition coefficient (Wildman–Crippen LogP) is 7.49. The summed E-state index contributed by atoms with van der Waals surface area (Å²) < 4.78 is 53.5. The number of hydrogen-bond acceptors (Lipinski definition) is 7. The molecular weight excluding hydrogens is 667 g/mol. The zero-order chi connectivity index (χ0) is 37.6. The van der Waals surface area contributed by atoms with E-state index in [0.717, 1.165) is 4.68 Å². The molecule has 0 fully saturated rings. The molecule has 4 rings (SSSR count). The number of aliphatic hydroxyl groups is 1. The van der Waals surface area contributed by atoms with Crippen molar-refractivity contribution in [3.05, 3.63) is 113 Å². The van der Waals surface area contributed by atoms with Gasteiger partial charge in [0.15, 0.2) is 5.69 Å². The third-order valence-corrected chi connectivity index (χ3v) is 7.08. The van der Waals surface area contributed by atoms with Crippen LogP contribution >= 0.6 is 0 Å². The Balaban J connectivity index is 1.68. The summed E-state index contributed by atoms with van der Waals surface area (Å²) in [5, 5.41) is 18.9. The Bertz CT molecular complexity index is 1830. The second kappa shape index (κ2) is 15.7. The molecular formula is C37H42F3N5O6. The molecule has 0 bridgehead atoms. The van der Waals surface area contributed by atoms with E-state index in [1.807, 2.05) is 6.07 Å². The monoisotopic (exact) mass is 709 g/mol. The predicted molar refractivity (Wildman–Crippen MR) is 184 cm³/mol. The molecule has 0 saturated carbocycles. The van der Waals surface area contributed by atoms with Gasteiger partial charge in [-0.15, -0.1) is 0 Å². The Morgan fingerprint density at radius 1 is 0.843 bits per heavy atom. The van der Waals surface area contributed by atoms with Crippen LogP contribution in [0.15, 0.2) is 84.9 Å². The fourth-order valence-corrected chi connectivity index (χ4v) is 5.09. The first-order valence-electron chi connectivity index (χ1n) is 16.1. The van der Waals surface area contributed by atoms with Crippen molar-refractivity contribution in [3.63, 3.8) is 0 Å². The first-order chi connectivity index (χ1) is 23.8. The number of nitrogens with zero attached hydrogens (tertiary/aromatic N) is 3. The molecule has 272 valence electrons. The van der Waals surface area contributed by atoms with Crippen LogP contribution in [0.5, 0.6) is 0 Å². The van der Waals surface area contributed by atoms with Gasteiger partial charge in [0.25, 0.3) is 5.91 Å². The molecule has 3 amide bonds. The van der Waals surface area contributed by atoms with Crippen molar-refractivity contribution in [1.29, 1.82) is 0 Å². The molecule has 3 aromatic carbocycles. The van der Waals surface area contributed by atoms with Gasteiger partial charge in [0.05, 0.1) is 18.3 Å². The maximum atomic E-state index is 13.9. The van der Waals surface area contributed by atoms with Crippen LogP contribution in [0.2, 0.25) is 0 Å². The number of benzene rings is 3. The highest BCUT2D eigenvalue weighted by atomic mass is 19.4. The van der Waals surface area contributed by atoms with Crippen molar-refractivity contribution >= 4 is 23.8 Å². The van der Waals surface area contributed by atoms with Crippen LogP contribution < -0.4 is 10.6 Å². The number of aliphatic hydroxyl groups excluding tert-OH is 1. The largest absolute Gasteiger partial charge is 0.444 e. The average molecular weight is 710 g/mol. The second-order valence-electron chi connectivity index (χ2n) is 13.6. The zero-order valence-electron chi connectivity index (χ0n) is 29.2. The summed E-state index contributed by atoms with van der Waals surface area (Å²) >= 11 is 0. The fraction of sp³-hybridized carbons (Fsp3) is 0.351. The molecule has 11 nitrogen and oxygen atoms in total. The van der Waals surface area contributed by atoms with Crippen molar-refractivity contribution in [2.75, 3.05) is 18.5 Å². The van der Waals surface area contributed by atoms with Crippen molar-refractivity contribution in [3.8, 4) is 5.69 Å². The molecule has 0 aliphatic heterocycles. The lowest BCUT2D eigenvalue weighted by atomic mass is 9.96. The summed E-state index contributed by atoms with van der Waals surface area (Å²) in [6.45, 7) is 9.88. The molecule has 3 N–H and O–H groups in total. The second-order valence-corrected chi connectivity index (χ2v) is 13.6. The van der Waals surface area contributed by atoms with Crippen molar-refractivity contribution < 1.29 is 42.1 Å². The van der Waals surface area contributed by atoms with E-state index in [1.54, 1.807) is 102 Å².